The van der Waals surface area contributed by atoms with Gasteiger partial charge < -0.3 is 10.1 Å². The van der Waals surface area contributed by atoms with Gasteiger partial charge in [0.25, 0.3) is 5.91 Å². The van der Waals surface area contributed by atoms with Gasteiger partial charge in [-0.05, 0) is 42.8 Å². The molecule has 0 saturated carbocycles. The fourth-order valence-corrected chi connectivity index (χ4v) is 4.00. The van der Waals surface area contributed by atoms with Crippen molar-refractivity contribution in [1.82, 2.24) is 9.78 Å². The average molecular weight is 383 g/mol. The summed E-state index contributed by atoms with van der Waals surface area (Å²) in [4.78, 5) is 12.5. The summed E-state index contributed by atoms with van der Waals surface area (Å²) in [6, 6.07) is 13.5. The van der Waals surface area contributed by atoms with E-state index in [2.05, 4.69) is 5.32 Å². The highest BCUT2D eigenvalue weighted by atomic mass is 32.2. The molecule has 0 bridgehead atoms. The number of aryl methyl sites for hydroxylation is 1. The van der Waals surface area contributed by atoms with Crippen molar-refractivity contribution in [2.24, 2.45) is 0 Å². The van der Waals surface area contributed by atoms with Gasteiger partial charge in [-0.2, -0.15) is 16.9 Å². The number of rotatable bonds is 5. The highest BCUT2D eigenvalue weighted by Crippen LogP contribution is 2.36. The molecule has 0 spiro atoms. The SMILES string of the molecule is Cc1ccccc1-n1nc2c(c1NC(=O)COc1ccc(F)cc1)CSC2. The van der Waals surface area contributed by atoms with Gasteiger partial charge in [-0.1, -0.05) is 18.2 Å². The van der Waals surface area contributed by atoms with Crippen molar-refractivity contribution >= 4 is 23.5 Å². The van der Waals surface area contributed by atoms with Gasteiger partial charge in [0, 0.05) is 17.1 Å². The van der Waals surface area contributed by atoms with E-state index in [4.69, 9.17) is 9.84 Å². The van der Waals surface area contributed by atoms with E-state index in [9.17, 15) is 9.18 Å². The molecule has 0 radical (unpaired) electrons. The number of halogens is 1. The lowest BCUT2D eigenvalue weighted by atomic mass is 10.2. The first-order valence-electron chi connectivity index (χ1n) is 8.54. The first kappa shape index (κ1) is 17.6. The van der Waals surface area contributed by atoms with Gasteiger partial charge in [-0.25, -0.2) is 9.07 Å². The lowest BCUT2D eigenvalue weighted by molar-refractivity contribution is -0.118. The Hall–Kier alpha value is -2.80. The molecule has 1 aliphatic rings. The number of ether oxygens (including phenoxy) is 1. The second-order valence-electron chi connectivity index (χ2n) is 6.26. The molecule has 5 nitrogen and oxygen atoms in total. The Labute approximate surface area is 160 Å². The summed E-state index contributed by atoms with van der Waals surface area (Å²) < 4.78 is 20.2. The van der Waals surface area contributed by atoms with Crippen LogP contribution >= 0.6 is 11.8 Å². The number of nitrogens with one attached hydrogen (secondary N) is 1. The van der Waals surface area contributed by atoms with Gasteiger partial charge in [0.1, 0.15) is 17.4 Å². The number of amides is 1. The molecule has 7 heteroatoms. The third-order valence-corrected chi connectivity index (χ3v) is 5.31. The van der Waals surface area contributed by atoms with Gasteiger partial charge in [-0.3, -0.25) is 4.79 Å². The van der Waals surface area contributed by atoms with Crippen molar-refractivity contribution < 1.29 is 13.9 Å². The lowest BCUT2D eigenvalue weighted by Crippen LogP contribution is -2.22. The number of nitrogens with zero attached hydrogens (tertiary/aromatic N) is 2. The van der Waals surface area contributed by atoms with Crippen molar-refractivity contribution in [3.8, 4) is 11.4 Å². The van der Waals surface area contributed by atoms with Gasteiger partial charge in [0.15, 0.2) is 6.61 Å². The molecule has 0 atom stereocenters. The number of carbonyl (C=O) groups is 1. The van der Waals surface area contributed by atoms with Crippen LogP contribution in [0.4, 0.5) is 10.2 Å². The van der Waals surface area contributed by atoms with Crippen molar-refractivity contribution in [3.05, 3.63) is 71.2 Å². The van der Waals surface area contributed by atoms with Crippen LogP contribution in [0.3, 0.4) is 0 Å². The summed E-state index contributed by atoms with van der Waals surface area (Å²) in [5.41, 5.74) is 4.06. The maximum absolute atomic E-state index is 13.0. The number of para-hydroxylation sites is 1. The predicted molar refractivity (Wildman–Crippen MR) is 104 cm³/mol. The predicted octanol–water partition coefficient (Wildman–Crippen LogP) is 4.08. The van der Waals surface area contributed by atoms with Gasteiger partial charge in [0.2, 0.25) is 0 Å². The minimum Gasteiger partial charge on any atom is -0.484 e. The van der Waals surface area contributed by atoms with E-state index in [1.807, 2.05) is 31.2 Å². The summed E-state index contributed by atoms with van der Waals surface area (Å²) in [5.74, 6) is 2.16. The van der Waals surface area contributed by atoms with Crippen molar-refractivity contribution in [2.45, 2.75) is 18.4 Å². The van der Waals surface area contributed by atoms with E-state index in [1.165, 1.54) is 24.3 Å². The van der Waals surface area contributed by atoms with Crippen LogP contribution in [0.1, 0.15) is 16.8 Å². The van der Waals surface area contributed by atoms with Crippen molar-refractivity contribution in [1.29, 1.82) is 0 Å². The number of thioether (sulfide) groups is 1. The number of hydrogen-bond donors (Lipinski definition) is 1. The molecule has 0 unspecified atom stereocenters. The quantitative estimate of drug-likeness (QED) is 0.721. The third kappa shape index (κ3) is 3.68. The number of aromatic nitrogens is 2. The van der Waals surface area contributed by atoms with E-state index in [0.717, 1.165) is 34.0 Å². The summed E-state index contributed by atoms with van der Waals surface area (Å²) >= 11 is 1.78. The number of carbonyl (C=O) groups excluding carboxylic acids is 1. The molecule has 3 aromatic rings. The van der Waals surface area contributed by atoms with E-state index >= 15 is 0 Å². The summed E-state index contributed by atoms with van der Waals surface area (Å²) in [6.07, 6.45) is 0. The summed E-state index contributed by atoms with van der Waals surface area (Å²) in [6.45, 7) is 1.85. The first-order valence-corrected chi connectivity index (χ1v) is 9.70. The van der Waals surface area contributed by atoms with E-state index in [-0.39, 0.29) is 18.3 Å². The first-order chi connectivity index (χ1) is 13.1. The Kier molecular flexibility index (Phi) is 4.85. The molecule has 2 heterocycles. The zero-order chi connectivity index (χ0) is 18.8. The lowest BCUT2D eigenvalue weighted by Gasteiger charge is -2.13. The number of benzene rings is 2. The number of hydrogen-bond acceptors (Lipinski definition) is 4. The molecular formula is C20H18FN3O2S. The molecule has 27 heavy (non-hydrogen) atoms. The largest absolute Gasteiger partial charge is 0.484 e. The second-order valence-corrected chi connectivity index (χ2v) is 7.24. The van der Waals surface area contributed by atoms with Crippen molar-refractivity contribution in [2.75, 3.05) is 11.9 Å². The van der Waals surface area contributed by atoms with E-state index < -0.39 is 0 Å². The van der Waals surface area contributed by atoms with Crippen molar-refractivity contribution in [3.63, 3.8) is 0 Å². The highest BCUT2D eigenvalue weighted by molar-refractivity contribution is 7.98. The zero-order valence-corrected chi connectivity index (χ0v) is 15.6. The Morgan fingerprint density at radius 2 is 2.00 bits per heavy atom. The fraction of sp³-hybridized carbons (Fsp3) is 0.200. The van der Waals surface area contributed by atoms with E-state index in [1.54, 1.807) is 16.4 Å². The molecule has 2 aromatic carbocycles. The molecule has 0 aliphatic carbocycles. The topological polar surface area (TPSA) is 56.2 Å². The summed E-state index contributed by atoms with van der Waals surface area (Å²) in [5, 5.41) is 7.65. The normalized spacial score (nSPS) is 12.7. The monoisotopic (exact) mass is 383 g/mol. The van der Waals surface area contributed by atoms with Crippen LogP contribution in [0.25, 0.3) is 5.69 Å². The maximum Gasteiger partial charge on any atom is 0.263 e. The van der Waals surface area contributed by atoms with Crippen LogP contribution in [-0.2, 0) is 16.3 Å². The Morgan fingerprint density at radius 1 is 1.22 bits per heavy atom. The van der Waals surface area contributed by atoms with Crippen LogP contribution in [0.5, 0.6) is 5.75 Å². The maximum atomic E-state index is 13.0. The minimum atomic E-state index is -0.345. The fourth-order valence-electron chi connectivity index (χ4n) is 2.96. The zero-order valence-electron chi connectivity index (χ0n) is 14.7. The average Bonchev–Trinajstić information content (AvgIpc) is 3.24. The molecular weight excluding hydrogens is 365 g/mol. The molecule has 138 valence electrons. The molecule has 4 rings (SSSR count). The molecule has 1 N–H and O–H groups in total. The molecule has 1 amide bonds. The molecule has 1 aromatic heterocycles. The molecule has 1 aliphatic heterocycles. The van der Waals surface area contributed by atoms with Gasteiger partial charge >= 0.3 is 0 Å². The highest BCUT2D eigenvalue weighted by Gasteiger charge is 2.25. The Bertz CT molecular complexity index is 985. The van der Waals surface area contributed by atoms with Crippen LogP contribution in [0, 0.1) is 12.7 Å². The summed E-state index contributed by atoms with van der Waals surface area (Å²) in [7, 11) is 0. The molecule has 0 fully saturated rings. The van der Waals surface area contributed by atoms with Gasteiger partial charge in [0.05, 0.1) is 11.4 Å². The van der Waals surface area contributed by atoms with E-state index in [0.29, 0.717) is 11.6 Å². The smallest absolute Gasteiger partial charge is 0.263 e. The van der Waals surface area contributed by atoms with Crippen LogP contribution in [0.2, 0.25) is 0 Å². The van der Waals surface area contributed by atoms with Crippen LogP contribution in [0.15, 0.2) is 48.5 Å². The van der Waals surface area contributed by atoms with Crippen LogP contribution in [-0.4, -0.2) is 22.3 Å². The number of fused-ring (bicyclic) bond motifs is 1. The minimum absolute atomic E-state index is 0.160. The number of anilines is 1. The Morgan fingerprint density at radius 3 is 2.78 bits per heavy atom. The second kappa shape index (κ2) is 7.44. The van der Waals surface area contributed by atoms with Crippen LogP contribution < -0.4 is 10.1 Å². The molecule has 0 saturated heterocycles. The third-order valence-electron chi connectivity index (χ3n) is 4.34. The standard InChI is InChI=1S/C20H18FN3O2S/c1-13-4-2-3-5-18(13)24-20(16-11-27-12-17(16)23-24)22-19(25)10-26-15-8-6-14(21)7-9-15/h2-9H,10-12H2,1H3,(H,22,25). The van der Waals surface area contributed by atoms with Gasteiger partial charge in [-0.15, -0.1) is 0 Å². The Balaban J connectivity index is 1.55.